The van der Waals surface area contributed by atoms with Gasteiger partial charge in [-0.15, -0.1) is 0 Å². The molecule has 2 N–H and O–H groups in total. The number of hydrogen-bond donors (Lipinski definition) is 2. The molecule has 0 spiro atoms. The third kappa shape index (κ3) is 2.95. The molecule has 0 aliphatic carbocycles. The van der Waals surface area contributed by atoms with Gasteiger partial charge in [0.25, 0.3) is 5.91 Å². The van der Waals surface area contributed by atoms with Gasteiger partial charge in [0.05, 0.1) is 5.56 Å². The maximum absolute atomic E-state index is 11.9. The number of carbonyl (C=O) groups excluding carboxylic acids is 1. The molecule has 1 aromatic heterocycles. The molecule has 7 heteroatoms. The maximum Gasteiger partial charge on any atom is 0.335 e. The Morgan fingerprint density at radius 2 is 2.00 bits per heavy atom. The summed E-state index contributed by atoms with van der Waals surface area (Å²) in [6.07, 6.45) is 1.27. The third-order valence-electron chi connectivity index (χ3n) is 2.58. The fourth-order valence-corrected chi connectivity index (χ4v) is 1.59. The van der Waals surface area contributed by atoms with E-state index in [1.165, 1.54) is 23.4 Å². The van der Waals surface area contributed by atoms with Crippen LogP contribution in [0, 0.1) is 0 Å². The highest BCUT2D eigenvalue weighted by Crippen LogP contribution is 2.08. The molecule has 0 unspecified atom stereocenters. The van der Waals surface area contributed by atoms with Gasteiger partial charge in [-0.1, -0.05) is 12.1 Å². The Bertz CT molecular complexity index is 578. The maximum atomic E-state index is 11.9. The topological polar surface area (TPSA) is 99.2 Å². The lowest BCUT2D eigenvalue weighted by Gasteiger charge is -2.15. The van der Waals surface area contributed by atoms with E-state index in [1.54, 1.807) is 19.2 Å². The van der Waals surface area contributed by atoms with Crippen LogP contribution in [0.25, 0.3) is 0 Å². The van der Waals surface area contributed by atoms with E-state index in [0.29, 0.717) is 6.54 Å². The molecule has 0 aliphatic heterocycles. The zero-order valence-electron chi connectivity index (χ0n) is 10.2. The molecule has 0 fully saturated rings. The van der Waals surface area contributed by atoms with Crippen LogP contribution < -0.4 is 0 Å². The van der Waals surface area contributed by atoms with Gasteiger partial charge in [0.2, 0.25) is 5.82 Å². The molecule has 1 amide bonds. The second kappa shape index (κ2) is 5.30. The van der Waals surface area contributed by atoms with Gasteiger partial charge in [0.15, 0.2) is 0 Å². The first kappa shape index (κ1) is 12.7. The molecule has 0 radical (unpaired) electrons. The third-order valence-corrected chi connectivity index (χ3v) is 2.58. The van der Waals surface area contributed by atoms with Crippen molar-refractivity contribution in [3.8, 4) is 0 Å². The number of amides is 1. The summed E-state index contributed by atoms with van der Waals surface area (Å²) in [5.74, 6) is -1.08. The number of H-pyrrole nitrogens is 1. The molecule has 0 saturated carbocycles. The van der Waals surface area contributed by atoms with E-state index in [-0.39, 0.29) is 17.3 Å². The van der Waals surface area contributed by atoms with Crippen LogP contribution in [-0.4, -0.2) is 44.1 Å². The molecule has 2 aromatic rings. The Morgan fingerprint density at radius 1 is 1.32 bits per heavy atom. The number of aromatic amines is 1. The second-order valence-electron chi connectivity index (χ2n) is 4.00. The predicted molar refractivity (Wildman–Crippen MR) is 65.6 cm³/mol. The number of benzene rings is 1. The van der Waals surface area contributed by atoms with E-state index in [2.05, 4.69) is 15.2 Å². The van der Waals surface area contributed by atoms with Crippen molar-refractivity contribution >= 4 is 11.9 Å². The van der Waals surface area contributed by atoms with Crippen LogP contribution in [0.2, 0.25) is 0 Å². The lowest BCUT2D eigenvalue weighted by molar-refractivity contribution is 0.0695. The minimum Gasteiger partial charge on any atom is -0.478 e. The highest BCUT2D eigenvalue weighted by Gasteiger charge is 2.14. The van der Waals surface area contributed by atoms with Crippen molar-refractivity contribution in [2.24, 2.45) is 0 Å². The van der Waals surface area contributed by atoms with Crippen molar-refractivity contribution in [1.29, 1.82) is 0 Å². The summed E-state index contributed by atoms with van der Waals surface area (Å²) in [6.45, 7) is 0.361. The summed E-state index contributed by atoms with van der Waals surface area (Å²) in [6, 6.07) is 6.36. The molecule has 0 bridgehead atoms. The molecule has 1 aromatic carbocycles. The number of rotatable bonds is 4. The van der Waals surface area contributed by atoms with Gasteiger partial charge in [-0.2, -0.15) is 5.10 Å². The Labute approximate surface area is 108 Å². The Balaban J connectivity index is 2.04. The number of carboxylic acid groups (broad SMARTS) is 1. The fraction of sp³-hybridized carbons (Fsp3) is 0.167. The predicted octanol–water partition coefficient (Wildman–Crippen LogP) is 0.775. The lowest BCUT2D eigenvalue weighted by Crippen LogP contribution is -2.27. The average Bonchev–Trinajstić information content (AvgIpc) is 2.92. The molecule has 0 saturated heterocycles. The van der Waals surface area contributed by atoms with Gasteiger partial charge >= 0.3 is 5.97 Å². The first-order chi connectivity index (χ1) is 9.08. The molecule has 7 nitrogen and oxygen atoms in total. The molecule has 0 atom stereocenters. The van der Waals surface area contributed by atoms with Crippen molar-refractivity contribution in [2.45, 2.75) is 6.54 Å². The van der Waals surface area contributed by atoms with E-state index in [4.69, 9.17) is 5.11 Å². The van der Waals surface area contributed by atoms with Gasteiger partial charge < -0.3 is 10.0 Å². The van der Waals surface area contributed by atoms with Gasteiger partial charge in [0, 0.05) is 13.6 Å². The summed E-state index contributed by atoms with van der Waals surface area (Å²) in [4.78, 5) is 27.8. The quantitative estimate of drug-likeness (QED) is 0.846. The number of nitrogens with zero attached hydrogens (tertiary/aromatic N) is 3. The number of aromatic carboxylic acids is 1. The number of carbonyl (C=O) groups is 2. The zero-order chi connectivity index (χ0) is 13.8. The highest BCUT2D eigenvalue weighted by atomic mass is 16.4. The smallest absolute Gasteiger partial charge is 0.335 e. The van der Waals surface area contributed by atoms with Crippen molar-refractivity contribution in [1.82, 2.24) is 20.1 Å². The van der Waals surface area contributed by atoms with E-state index in [9.17, 15) is 9.59 Å². The fourth-order valence-electron chi connectivity index (χ4n) is 1.59. The average molecular weight is 260 g/mol. The normalized spacial score (nSPS) is 10.2. The van der Waals surface area contributed by atoms with Crippen LogP contribution in [-0.2, 0) is 6.54 Å². The highest BCUT2D eigenvalue weighted by molar-refractivity contribution is 5.90. The largest absolute Gasteiger partial charge is 0.478 e. The lowest BCUT2D eigenvalue weighted by atomic mass is 10.1. The molecule has 2 rings (SSSR count). The summed E-state index contributed by atoms with van der Waals surface area (Å²) in [7, 11) is 1.63. The van der Waals surface area contributed by atoms with Gasteiger partial charge in [-0.3, -0.25) is 9.89 Å². The zero-order valence-corrected chi connectivity index (χ0v) is 10.2. The summed E-state index contributed by atoms with van der Waals surface area (Å²) >= 11 is 0. The van der Waals surface area contributed by atoms with Crippen LogP contribution in [0.1, 0.15) is 26.5 Å². The second-order valence-corrected chi connectivity index (χ2v) is 4.00. The van der Waals surface area contributed by atoms with Crippen molar-refractivity contribution < 1.29 is 14.7 Å². The number of carboxylic acids is 1. The van der Waals surface area contributed by atoms with Gasteiger partial charge in [-0.05, 0) is 17.7 Å². The molecular formula is C12H12N4O3. The molecule has 19 heavy (non-hydrogen) atoms. The summed E-state index contributed by atoms with van der Waals surface area (Å²) in [5.41, 5.74) is 1.05. The van der Waals surface area contributed by atoms with Crippen molar-refractivity contribution in [2.75, 3.05) is 7.05 Å². The van der Waals surface area contributed by atoms with Crippen LogP contribution in [0.4, 0.5) is 0 Å². The Hall–Kier alpha value is -2.70. The SMILES string of the molecule is CN(Cc1ccc(C(=O)O)cc1)C(=O)c1ncn[nH]1. The number of nitrogens with one attached hydrogen (secondary N) is 1. The Morgan fingerprint density at radius 3 is 2.53 bits per heavy atom. The van der Waals surface area contributed by atoms with Crippen LogP contribution in [0.15, 0.2) is 30.6 Å². The molecule has 98 valence electrons. The first-order valence-electron chi connectivity index (χ1n) is 5.51. The summed E-state index contributed by atoms with van der Waals surface area (Å²) in [5, 5.41) is 14.9. The molecule has 1 heterocycles. The van der Waals surface area contributed by atoms with E-state index in [1.807, 2.05) is 0 Å². The summed E-state index contributed by atoms with van der Waals surface area (Å²) < 4.78 is 0. The minimum atomic E-state index is -0.974. The first-order valence-corrected chi connectivity index (χ1v) is 5.51. The van der Waals surface area contributed by atoms with E-state index < -0.39 is 5.97 Å². The van der Waals surface area contributed by atoms with Crippen molar-refractivity contribution in [3.63, 3.8) is 0 Å². The van der Waals surface area contributed by atoms with Crippen molar-refractivity contribution in [3.05, 3.63) is 47.5 Å². The number of hydrogen-bond acceptors (Lipinski definition) is 4. The monoisotopic (exact) mass is 260 g/mol. The van der Waals surface area contributed by atoms with Gasteiger partial charge in [0.1, 0.15) is 6.33 Å². The van der Waals surface area contributed by atoms with Crippen LogP contribution in [0.3, 0.4) is 0 Å². The van der Waals surface area contributed by atoms with Crippen LogP contribution in [0.5, 0.6) is 0 Å². The molecule has 0 aliphatic rings. The molecular weight excluding hydrogens is 248 g/mol. The van der Waals surface area contributed by atoms with E-state index >= 15 is 0 Å². The standard InChI is InChI=1S/C12H12N4O3/c1-16(11(17)10-13-7-14-15-10)6-8-2-4-9(5-3-8)12(18)19/h2-5,7H,6H2,1H3,(H,18,19)(H,13,14,15). The number of aromatic nitrogens is 3. The minimum absolute atomic E-state index is 0.171. The van der Waals surface area contributed by atoms with Crippen LogP contribution >= 0.6 is 0 Å². The Kier molecular flexibility index (Phi) is 3.56. The van der Waals surface area contributed by atoms with Gasteiger partial charge in [-0.25, -0.2) is 9.78 Å². The van der Waals surface area contributed by atoms with E-state index in [0.717, 1.165) is 5.56 Å².